The highest BCUT2D eigenvalue weighted by Gasteiger charge is 2.31. The molecule has 0 atom stereocenters. The molecule has 0 spiro atoms. The van der Waals surface area contributed by atoms with Gasteiger partial charge in [0.2, 0.25) is 6.79 Å². The summed E-state index contributed by atoms with van der Waals surface area (Å²) in [6, 6.07) is 5.52. The lowest BCUT2D eigenvalue weighted by atomic mass is 10.2. The van der Waals surface area contributed by atoms with E-state index in [-0.39, 0.29) is 25.1 Å². The Morgan fingerprint density at radius 3 is 2.96 bits per heavy atom. The van der Waals surface area contributed by atoms with Crippen LogP contribution >= 0.6 is 24.0 Å². The monoisotopic (exact) mass is 407 g/mol. The zero-order chi connectivity index (χ0) is 19.2. The van der Waals surface area contributed by atoms with E-state index < -0.39 is 0 Å². The molecule has 1 saturated heterocycles. The highest BCUT2D eigenvalue weighted by Crippen LogP contribution is 2.36. The number of nitrogens with zero attached hydrogens (tertiary/aromatic N) is 1. The average molecular weight is 408 g/mol. The first-order valence-corrected chi connectivity index (χ1v) is 10.1. The van der Waals surface area contributed by atoms with Crippen molar-refractivity contribution in [2.75, 3.05) is 19.9 Å². The third-order valence-electron chi connectivity index (χ3n) is 4.09. The van der Waals surface area contributed by atoms with E-state index in [2.05, 4.69) is 0 Å². The number of fused-ring (bicyclic) bond motifs is 1. The quantitative estimate of drug-likeness (QED) is 0.281. The number of unbranched alkanes of at least 4 members (excludes halogenated alkanes) is 1. The zero-order valence-electron chi connectivity index (χ0n) is 15.1. The molecule has 3 rings (SSSR count). The van der Waals surface area contributed by atoms with Crippen molar-refractivity contribution in [2.45, 2.75) is 32.6 Å². The molecule has 0 aliphatic carbocycles. The fourth-order valence-corrected chi connectivity index (χ4v) is 3.94. The van der Waals surface area contributed by atoms with Crippen molar-refractivity contribution in [3.8, 4) is 11.5 Å². The van der Waals surface area contributed by atoms with Crippen molar-refractivity contribution in [1.29, 1.82) is 0 Å². The molecule has 27 heavy (non-hydrogen) atoms. The summed E-state index contributed by atoms with van der Waals surface area (Å²) in [5, 5.41) is 0. The van der Waals surface area contributed by atoms with Gasteiger partial charge in [-0.05, 0) is 36.6 Å². The maximum Gasteiger partial charge on any atom is 0.305 e. The van der Waals surface area contributed by atoms with E-state index in [1.807, 2.05) is 25.1 Å². The van der Waals surface area contributed by atoms with Crippen LogP contribution in [0.1, 0.15) is 38.2 Å². The van der Waals surface area contributed by atoms with Crippen LogP contribution in [0.3, 0.4) is 0 Å². The topological polar surface area (TPSA) is 65.1 Å². The summed E-state index contributed by atoms with van der Waals surface area (Å²) in [7, 11) is 0. The Balaban J connectivity index is 1.54. The van der Waals surface area contributed by atoms with Crippen molar-refractivity contribution in [3.05, 3.63) is 28.7 Å². The zero-order valence-corrected chi connectivity index (χ0v) is 16.7. The van der Waals surface area contributed by atoms with Gasteiger partial charge in [-0.3, -0.25) is 14.5 Å². The lowest BCUT2D eigenvalue weighted by Gasteiger charge is -2.13. The standard InChI is InChI=1S/C19H21NO5S2/c1-2-3-9-23-17(21)5-4-8-20-18(22)16(27-19(20)26)11-13-6-7-14-15(10-13)25-12-24-14/h6-7,10-11H,2-5,8-9,12H2,1H3. The fourth-order valence-electron chi connectivity index (χ4n) is 2.63. The van der Waals surface area contributed by atoms with Crippen LogP contribution in [-0.2, 0) is 14.3 Å². The van der Waals surface area contributed by atoms with Gasteiger partial charge in [-0.1, -0.05) is 43.4 Å². The minimum Gasteiger partial charge on any atom is -0.466 e. The third kappa shape index (κ3) is 5.01. The van der Waals surface area contributed by atoms with Gasteiger partial charge in [0.05, 0.1) is 11.5 Å². The summed E-state index contributed by atoms with van der Waals surface area (Å²) < 4.78 is 16.3. The van der Waals surface area contributed by atoms with Crippen molar-refractivity contribution < 1.29 is 23.8 Å². The minimum absolute atomic E-state index is 0.137. The molecule has 2 aliphatic heterocycles. The van der Waals surface area contributed by atoms with E-state index >= 15 is 0 Å². The number of benzene rings is 1. The van der Waals surface area contributed by atoms with Gasteiger partial charge in [0.25, 0.3) is 5.91 Å². The summed E-state index contributed by atoms with van der Waals surface area (Å²) in [6.45, 7) is 3.11. The van der Waals surface area contributed by atoms with E-state index in [1.54, 1.807) is 6.08 Å². The first kappa shape index (κ1) is 19.7. The molecule has 0 saturated carbocycles. The molecule has 0 bridgehead atoms. The van der Waals surface area contributed by atoms with E-state index in [1.165, 1.54) is 16.7 Å². The maximum atomic E-state index is 12.6. The Kier molecular flexibility index (Phi) is 6.73. The second kappa shape index (κ2) is 9.23. The molecular formula is C19H21NO5S2. The van der Waals surface area contributed by atoms with Crippen LogP contribution in [0.2, 0.25) is 0 Å². The molecule has 1 aromatic rings. The van der Waals surface area contributed by atoms with Crippen LogP contribution in [0.5, 0.6) is 11.5 Å². The number of esters is 1. The Hall–Kier alpha value is -2.06. The van der Waals surface area contributed by atoms with E-state index in [9.17, 15) is 9.59 Å². The number of thiocarbonyl (C=S) groups is 1. The van der Waals surface area contributed by atoms with Crippen molar-refractivity contribution in [1.82, 2.24) is 4.90 Å². The molecule has 0 aromatic heterocycles. The van der Waals surface area contributed by atoms with Crippen LogP contribution < -0.4 is 9.47 Å². The van der Waals surface area contributed by atoms with Crippen molar-refractivity contribution >= 4 is 46.3 Å². The average Bonchev–Trinajstić information content (AvgIpc) is 3.21. The molecular weight excluding hydrogens is 386 g/mol. The molecule has 1 amide bonds. The van der Waals surface area contributed by atoms with Crippen LogP contribution in [0.25, 0.3) is 6.08 Å². The van der Waals surface area contributed by atoms with Gasteiger partial charge in [-0.15, -0.1) is 0 Å². The number of carbonyl (C=O) groups excluding carboxylic acids is 2. The first-order valence-electron chi connectivity index (χ1n) is 8.89. The molecule has 1 aromatic carbocycles. The Bertz CT molecular complexity index is 777. The molecule has 2 heterocycles. The highest BCUT2D eigenvalue weighted by molar-refractivity contribution is 8.26. The van der Waals surface area contributed by atoms with Gasteiger partial charge in [0.15, 0.2) is 11.5 Å². The molecule has 8 heteroatoms. The van der Waals surface area contributed by atoms with E-state index in [4.69, 9.17) is 26.4 Å². The molecule has 0 radical (unpaired) electrons. The lowest BCUT2D eigenvalue weighted by molar-refractivity contribution is -0.144. The van der Waals surface area contributed by atoms with Crippen LogP contribution in [0.15, 0.2) is 23.1 Å². The predicted octanol–water partition coefficient (Wildman–Crippen LogP) is 3.74. The molecule has 1 fully saturated rings. The number of hydrogen-bond acceptors (Lipinski definition) is 7. The maximum absolute atomic E-state index is 12.6. The van der Waals surface area contributed by atoms with Crippen LogP contribution in [0, 0.1) is 0 Å². The Labute approximate surface area is 167 Å². The lowest BCUT2D eigenvalue weighted by Crippen LogP contribution is -2.29. The number of ether oxygens (including phenoxy) is 3. The molecule has 6 nitrogen and oxygen atoms in total. The van der Waals surface area contributed by atoms with Gasteiger partial charge < -0.3 is 14.2 Å². The number of thioether (sulfide) groups is 1. The van der Waals surface area contributed by atoms with Gasteiger partial charge in [-0.25, -0.2) is 0 Å². The fraction of sp³-hybridized carbons (Fsp3) is 0.421. The molecule has 0 unspecified atom stereocenters. The minimum atomic E-state index is -0.232. The molecule has 0 N–H and O–H groups in total. The van der Waals surface area contributed by atoms with E-state index in [0.717, 1.165) is 18.4 Å². The largest absolute Gasteiger partial charge is 0.466 e. The summed E-state index contributed by atoms with van der Waals surface area (Å²) in [5.74, 6) is 0.998. The van der Waals surface area contributed by atoms with Gasteiger partial charge >= 0.3 is 5.97 Å². The smallest absolute Gasteiger partial charge is 0.305 e. The SMILES string of the molecule is CCCCOC(=O)CCCN1C(=O)C(=Cc2ccc3c(c2)OCO3)SC1=S. The number of amides is 1. The Morgan fingerprint density at radius 1 is 1.33 bits per heavy atom. The predicted molar refractivity (Wildman–Crippen MR) is 108 cm³/mol. The second-order valence-corrected chi connectivity index (χ2v) is 7.80. The van der Waals surface area contributed by atoms with Gasteiger partial charge in [0, 0.05) is 13.0 Å². The van der Waals surface area contributed by atoms with Gasteiger partial charge in [0.1, 0.15) is 4.32 Å². The summed E-state index contributed by atoms with van der Waals surface area (Å²) in [4.78, 5) is 26.4. The third-order valence-corrected chi connectivity index (χ3v) is 5.47. The summed E-state index contributed by atoms with van der Waals surface area (Å²) in [6.07, 6.45) is 4.45. The Morgan fingerprint density at radius 2 is 2.15 bits per heavy atom. The number of rotatable bonds is 8. The van der Waals surface area contributed by atoms with Crippen molar-refractivity contribution in [3.63, 3.8) is 0 Å². The normalized spacial score (nSPS) is 17.1. The van der Waals surface area contributed by atoms with Crippen LogP contribution in [0.4, 0.5) is 0 Å². The van der Waals surface area contributed by atoms with Crippen molar-refractivity contribution in [2.24, 2.45) is 0 Å². The highest BCUT2D eigenvalue weighted by atomic mass is 32.2. The summed E-state index contributed by atoms with van der Waals surface area (Å²) in [5.41, 5.74) is 0.847. The van der Waals surface area contributed by atoms with E-state index in [0.29, 0.717) is 40.3 Å². The second-order valence-electron chi connectivity index (χ2n) is 6.12. The first-order chi connectivity index (χ1) is 13.1. The summed E-state index contributed by atoms with van der Waals surface area (Å²) >= 11 is 6.59. The van der Waals surface area contributed by atoms with Crippen LogP contribution in [-0.4, -0.2) is 41.0 Å². The number of carbonyl (C=O) groups is 2. The molecule has 144 valence electrons. The molecule has 2 aliphatic rings. The number of hydrogen-bond donors (Lipinski definition) is 0. The van der Waals surface area contributed by atoms with Gasteiger partial charge in [-0.2, -0.15) is 0 Å².